The molecule has 0 radical (unpaired) electrons. The molecular formula is C14H22N2. The first-order chi connectivity index (χ1) is 7.44. The van der Waals surface area contributed by atoms with Gasteiger partial charge in [0.25, 0.3) is 0 Å². The Labute approximate surface area is 98.4 Å². The first-order valence-electron chi connectivity index (χ1n) is 6.05. The van der Waals surface area contributed by atoms with Gasteiger partial charge in [-0.3, -0.25) is 0 Å². The minimum absolute atomic E-state index is 0.188. The third-order valence-electron chi connectivity index (χ3n) is 2.90. The van der Waals surface area contributed by atoms with Gasteiger partial charge in [-0.25, -0.2) is 0 Å². The zero-order chi connectivity index (χ0) is 11.8. The summed E-state index contributed by atoms with van der Waals surface area (Å²) >= 11 is 0. The van der Waals surface area contributed by atoms with Crippen molar-refractivity contribution in [3.63, 3.8) is 0 Å². The van der Waals surface area contributed by atoms with E-state index in [9.17, 15) is 0 Å². The van der Waals surface area contributed by atoms with Crippen molar-refractivity contribution in [3.05, 3.63) is 29.3 Å². The average molecular weight is 218 g/mol. The second-order valence-corrected chi connectivity index (χ2v) is 5.84. The molecule has 0 fully saturated rings. The smallest absolute Gasteiger partial charge is 0.0374 e. The number of fused-ring (bicyclic) bond motifs is 1. The summed E-state index contributed by atoms with van der Waals surface area (Å²) in [5.74, 6) is 0. The molecule has 0 saturated carbocycles. The van der Waals surface area contributed by atoms with Gasteiger partial charge in [0.2, 0.25) is 0 Å². The Hall–Kier alpha value is -1.02. The standard InChI is InChI=1S/C14H22N2/c1-10-5-6-13-11(7-10)8-12(9-15-13)16-14(2,3)4/h5-7,12,15-16H,8-9H2,1-4H3. The molecule has 0 amide bonds. The zero-order valence-corrected chi connectivity index (χ0v) is 10.7. The lowest BCUT2D eigenvalue weighted by Crippen LogP contribution is -2.49. The van der Waals surface area contributed by atoms with Crippen molar-refractivity contribution in [2.75, 3.05) is 11.9 Å². The monoisotopic (exact) mass is 218 g/mol. The van der Waals surface area contributed by atoms with E-state index < -0.39 is 0 Å². The van der Waals surface area contributed by atoms with Crippen LogP contribution in [-0.4, -0.2) is 18.1 Å². The Morgan fingerprint density at radius 3 is 2.75 bits per heavy atom. The van der Waals surface area contributed by atoms with E-state index in [4.69, 9.17) is 0 Å². The van der Waals surface area contributed by atoms with Gasteiger partial charge in [-0.1, -0.05) is 17.7 Å². The second-order valence-electron chi connectivity index (χ2n) is 5.84. The van der Waals surface area contributed by atoms with E-state index in [2.05, 4.69) is 56.5 Å². The second kappa shape index (κ2) is 4.10. The maximum atomic E-state index is 3.66. The molecule has 0 spiro atoms. The van der Waals surface area contributed by atoms with E-state index in [1.165, 1.54) is 16.8 Å². The fraction of sp³-hybridized carbons (Fsp3) is 0.571. The van der Waals surface area contributed by atoms with Crippen LogP contribution in [-0.2, 0) is 6.42 Å². The first-order valence-corrected chi connectivity index (χ1v) is 6.05. The SMILES string of the molecule is Cc1ccc2c(c1)CC(NC(C)(C)C)CN2. The maximum Gasteiger partial charge on any atom is 0.0374 e. The molecule has 2 heteroatoms. The molecule has 1 aromatic carbocycles. The largest absolute Gasteiger partial charge is 0.383 e. The van der Waals surface area contributed by atoms with Crippen LogP contribution in [0.15, 0.2) is 18.2 Å². The lowest BCUT2D eigenvalue weighted by molar-refractivity contribution is 0.360. The van der Waals surface area contributed by atoms with E-state index in [0.717, 1.165) is 13.0 Å². The Morgan fingerprint density at radius 1 is 1.31 bits per heavy atom. The lowest BCUT2D eigenvalue weighted by Gasteiger charge is -2.33. The van der Waals surface area contributed by atoms with Crippen molar-refractivity contribution in [3.8, 4) is 0 Å². The topological polar surface area (TPSA) is 24.1 Å². The fourth-order valence-electron chi connectivity index (χ4n) is 2.35. The van der Waals surface area contributed by atoms with Gasteiger partial charge in [0.1, 0.15) is 0 Å². The van der Waals surface area contributed by atoms with Crippen molar-refractivity contribution < 1.29 is 0 Å². The summed E-state index contributed by atoms with van der Waals surface area (Å²) in [4.78, 5) is 0. The van der Waals surface area contributed by atoms with Crippen LogP contribution in [0.25, 0.3) is 0 Å². The molecule has 1 aromatic rings. The number of anilines is 1. The molecule has 0 bridgehead atoms. The molecular weight excluding hydrogens is 196 g/mol. The van der Waals surface area contributed by atoms with E-state index in [-0.39, 0.29) is 5.54 Å². The number of benzene rings is 1. The molecule has 2 rings (SSSR count). The molecule has 1 atom stereocenters. The lowest BCUT2D eigenvalue weighted by atomic mass is 9.96. The van der Waals surface area contributed by atoms with Crippen molar-refractivity contribution >= 4 is 5.69 Å². The van der Waals surface area contributed by atoms with Gasteiger partial charge in [-0.15, -0.1) is 0 Å². The number of hydrogen-bond acceptors (Lipinski definition) is 2. The summed E-state index contributed by atoms with van der Waals surface area (Å²) in [5, 5.41) is 7.16. The molecule has 1 heterocycles. The molecule has 0 aliphatic carbocycles. The van der Waals surface area contributed by atoms with Gasteiger partial charge in [0.15, 0.2) is 0 Å². The molecule has 2 N–H and O–H groups in total. The van der Waals surface area contributed by atoms with Gasteiger partial charge in [-0.2, -0.15) is 0 Å². The highest BCUT2D eigenvalue weighted by Gasteiger charge is 2.22. The summed E-state index contributed by atoms with van der Waals surface area (Å²) in [5.41, 5.74) is 4.27. The van der Waals surface area contributed by atoms with E-state index in [1.807, 2.05) is 0 Å². The number of rotatable bonds is 1. The molecule has 2 nitrogen and oxygen atoms in total. The number of hydrogen-bond donors (Lipinski definition) is 2. The summed E-state index contributed by atoms with van der Waals surface area (Å²) in [7, 11) is 0. The van der Waals surface area contributed by atoms with Gasteiger partial charge < -0.3 is 10.6 Å². The Morgan fingerprint density at radius 2 is 2.06 bits per heavy atom. The van der Waals surface area contributed by atoms with E-state index >= 15 is 0 Å². The van der Waals surface area contributed by atoms with Crippen molar-refractivity contribution in [2.45, 2.75) is 45.7 Å². The quantitative estimate of drug-likeness (QED) is 0.757. The zero-order valence-electron chi connectivity index (χ0n) is 10.7. The summed E-state index contributed by atoms with van der Waals surface area (Å²) in [6.07, 6.45) is 1.13. The highest BCUT2D eigenvalue weighted by atomic mass is 15.0. The van der Waals surface area contributed by atoms with Gasteiger partial charge in [0.05, 0.1) is 0 Å². The number of aryl methyl sites for hydroxylation is 1. The highest BCUT2D eigenvalue weighted by Crippen LogP contribution is 2.23. The molecule has 0 saturated heterocycles. The van der Waals surface area contributed by atoms with Crippen LogP contribution in [0.5, 0.6) is 0 Å². The molecule has 16 heavy (non-hydrogen) atoms. The Balaban J connectivity index is 2.11. The summed E-state index contributed by atoms with van der Waals surface area (Å²) in [6, 6.07) is 7.19. The predicted molar refractivity (Wildman–Crippen MR) is 70.0 cm³/mol. The van der Waals surface area contributed by atoms with Crippen LogP contribution < -0.4 is 10.6 Å². The molecule has 1 unspecified atom stereocenters. The fourth-order valence-corrected chi connectivity index (χ4v) is 2.35. The van der Waals surface area contributed by atoms with Crippen LogP contribution in [0.4, 0.5) is 5.69 Å². The van der Waals surface area contributed by atoms with Crippen LogP contribution >= 0.6 is 0 Å². The summed E-state index contributed by atoms with van der Waals surface area (Å²) < 4.78 is 0. The summed E-state index contributed by atoms with van der Waals surface area (Å²) in [6.45, 7) is 9.84. The first kappa shape index (κ1) is 11.5. The third kappa shape index (κ3) is 2.76. The van der Waals surface area contributed by atoms with Crippen molar-refractivity contribution in [1.82, 2.24) is 5.32 Å². The molecule has 88 valence electrons. The maximum absolute atomic E-state index is 3.66. The third-order valence-corrected chi connectivity index (χ3v) is 2.90. The Kier molecular flexibility index (Phi) is 2.94. The normalized spacial score (nSPS) is 20.1. The van der Waals surface area contributed by atoms with Crippen LogP contribution in [0.1, 0.15) is 31.9 Å². The minimum atomic E-state index is 0.188. The van der Waals surface area contributed by atoms with Crippen LogP contribution in [0.2, 0.25) is 0 Å². The Bertz CT molecular complexity index is 377. The van der Waals surface area contributed by atoms with E-state index in [0.29, 0.717) is 6.04 Å². The van der Waals surface area contributed by atoms with Gasteiger partial charge in [0, 0.05) is 23.8 Å². The minimum Gasteiger partial charge on any atom is -0.383 e. The average Bonchev–Trinajstić information content (AvgIpc) is 2.14. The van der Waals surface area contributed by atoms with Crippen molar-refractivity contribution in [1.29, 1.82) is 0 Å². The predicted octanol–water partition coefficient (Wildman–Crippen LogP) is 2.72. The molecule has 1 aliphatic heterocycles. The molecule has 1 aliphatic rings. The van der Waals surface area contributed by atoms with Crippen LogP contribution in [0.3, 0.4) is 0 Å². The van der Waals surface area contributed by atoms with Crippen molar-refractivity contribution in [2.24, 2.45) is 0 Å². The van der Waals surface area contributed by atoms with Gasteiger partial charge in [-0.05, 0) is 45.7 Å². The van der Waals surface area contributed by atoms with E-state index in [1.54, 1.807) is 0 Å². The van der Waals surface area contributed by atoms with Gasteiger partial charge >= 0.3 is 0 Å². The number of nitrogens with one attached hydrogen (secondary N) is 2. The van der Waals surface area contributed by atoms with Crippen LogP contribution in [0, 0.1) is 6.92 Å². The molecule has 0 aromatic heterocycles. The highest BCUT2D eigenvalue weighted by molar-refractivity contribution is 5.55.